The maximum atomic E-state index is 14.5. The van der Waals surface area contributed by atoms with Crippen LogP contribution in [0.25, 0.3) is 49.6 Å². The van der Waals surface area contributed by atoms with E-state index in [0.717, 1.165) is 78.0 Å². The van der Waals surface area contributed by atoms with Crippen LogP contribution in [-0.2, 0) is 5.41 Å². The van der Waals surface area contributed by atoms with E-state index in [1.807, 2.05) is 41.0 Å². The van der Waals surface area contributed by atoms with E-state index >= 15 is 0 Å². The molecule has 0 bridgehead atoms. The Labute approximate surface area is 271 Å². The minimum absolute atomic E-state index is 0.00794. The number of nitrogens with zero attached hydrogens (tertiary/aromatic N) is 1. The zero-order chi connectivity index (χ0) is 31.1. The zero-order valence-electron chi connectivity index (χ0n) is 25.4. The van der Waals surface area contributed by atoms with Gasteiger partial charge in [-0.25, -0.2) is 0 Å². The van der Waals surface area contributed by atoms with E-state index in [0.29, 0.717) is 5.39 Å². The fourth-order valence-corrected chi connectivity index (χ4v) is 8.08. The second-order valence-electron chi connectivity index (χ2n) is 12.4. The van der Waals surface area contributed by atoms with Gasteiger partial charge in [0.2, 0.25) is 0 Å². The molecule has 0 saturated carbocycles. The summed E-state index contributed by atoms with van der Waals surface area (Å²) >= 11 is 0. The van der Waals surface area contributed by atoms with Crippen LogP contribution in [0.4, 0.5) is 0 Å². The van der Waals surface area contributed by atoms with Crippen molar-refractivity contribution in [3.63, 3.8) is 0 Å². The Morgan fingerprint density at radius 1 is 0.426 bits per heavy atom. The van der Waals surface area contributed by atoms with E-state index in [9.17, 15) is 4.79 Å². The first-order valence-corrected chi connectivity index (χ1v) is 16.0. The number of aromatic nitrogens is 1. The molecule has 0 aliphatic carbocycles. The fraction of sp³-hybridized carbons (Fsp3) is 0.0227. The summed E-state index contributed by atoms with van der Waals surface area (Å²) in [4.78, 5) is 14.5. The van der Waals surface area contributed by atoms with Gasteiger partial charge in [0.15, 0.2) is 0 Å². The number of ether oxygens (including phenoxy) is 1. The van der Waals surface area contributed by atoms with Crippen LogP contribution in [0.15, 0.2) is 169 Å². The summed E-state index contributed by atoms with van der Waals surface area (Å²) in [6.07, 6.45) is 0. The summed E-state index contributed by atoms with van der Waals surface area (Å²) in [6, 6.07) is 57.0. The zero-order valence-corrected chi connectivity index (χ0v) is 25.4. The van der Waals surface area contributed by atoms with Gasteiger partial charge in [-0.15, -0.1) is 0 Å². The second-order valence-corrected chi connectivity index (χ2v) is 12.4. The summed E-state index contributed by atoms with van der Waals surface area (Å²) in [6.45, 7) is 0. The predicted molar refractivity (Wildman–Crippen MR) is 190 cm³/mol. The lowest BCUT2D eigenvalue weighted by atomic mass is 9.61. The first kappa shape index (κ1) is 26.1. The summed E-state index contributed by atoms with van der Waals surface area (Å²) < 4.78 is 8.76. The molecule has 2 aliphatic rings. The second kappa shape index (κ2) is 9.65. The van der Waals surface area contributed by atoms with Crippen molar-refractivity contribution in [2.75, 3.05) is 0 Å². The van der Waals surface area contributed by atoms with Crippen molar-refractivity contribution in [1.82, 2.24) is 4.57 Å². The molecule has 0 amide bonds. The molecule has 3 heterocycles. The van der Waals surface area contributed by atoms with Crippen molar-refractivity contribution in [2.24, 2.45) is 0 Å². The molecule has 8 aromatic rings. The van der Waals surface area contributed by atoms with Gasteiger partial charge in [0, 0.05) is 21.9 Å². The molecule has 3 heteroatoms. The molecule has 1 aromatic heterocycles. The number of fused-ring (bicyclic) bond motifs is 10. The average Bonchev–Trinajstić information content (AvgIpc) is 3.14. The van der Waals surface area contributed by atoms with E-state index in [2.05, 4.69) is 127 Å². The Bertz CT molecular complexity index is 2530. The van der Waals surface area contributed by atoms with E-state index in [1.54, 1.807) is 0 Å². The molecule has 0 saturated heterocycles. The molecule has 2 aliphatic heterocycles. The average molecular weight is 602 g/mol. The van der Waals surface area contributed by atoms with Crippen molar-refractivity contribution in [3.8, 4) is 39.4 Å². The number of hydrogen-bond acceptors (Lipinski definition) is 2. The lowest BCUT2D eigenvalue weighted by molar-refractivity contribution is 0.434. The normalized spacial score (nSPS) is 13.5. The molecule has 10 rings (SSSR count). The molecule has 47 heavy (non-hydrogen) atoms. The largest absolute Gasteiger partial charge is 0.457 e. The van der Waals surface area contributed by atoms with E-state index in [1.165, 1.54) is 0 Å². The lowest BCUT2D eigenvalue weighted by Gasteiger charge is -2.45. The van der Waals surface area contributed by atoms with Gasteiger partial charge in [-0.2, -0.15) is 0 Å². The van der Waals surface area contributed by atoms with Crippen molar-refractivity contribution < 1.29 is 4.74 Å². The van der Waals surface area contributed by atoms with Crippen LogP contribution in [0.2, 0.25) is 0 Å². The van der Waals surface area contributed by atoms with Gasteiger partial charge in [0.25, 0.3) is 5.56 Å². The molecule has 0 unspecified atom stereocenters. The van der Waals surface area contributed by atoms with Crippen molar-refractivity contribution in [3.05, 3.63) is 196 Å². The molecule has 0 N–H and O–H groups in total. The van der Waals surface area contributed by atoms with Crippen LogP contribution in [0, 0.1) is 0 Å². The fourth-order valence-electron chi connectivity index (χ4n) is 8.08. The number of hydrogen-bond donors (Lipinski definition) is 0. The minimum Gasteiger partial charge on any atom is -0.457 e. The van der Waals surface area contributed by atoms with E-state index in [4.69, 9.17) is 4.74 Å². The Hall–Kier alpha value is -6.19. The van der Waals surface area contributed by atoms with Crippen LogP contribution in [0.3, 0.4) is 0 Å². The van der Waals surface area contributed by atoms with Crippen LogP contribution in [0.1, 0.15) is 22.3 Å². The molecule has 7 aromatic carbocycles. The van der Waals surface area contributed by atoms with Crippen molar-refractivity contribution >= 4 is 21.7 Å². The van der Waals surface area contributed by atoms with Gasteiger partial charge in [-0.1, -0.05) is 127 Å². The molecule has 220 valence electrons. The monoisotopic (exact) mass is 601 g/mol. The summed E-state index contributed by atoms with van der Waals surface area (Å²) in [7, 11) is 0. The third-order valence-electron chi connectivity index (χ3n) is 10.1. The van der Waals surface area contributed by atoms with Crippen LogP contribution < -0.4 is 10.3 Å². The van der Waals surface area contributed by atoms with E-state index in [-0.39, 0.29) is 5.56 Å². The molecule has 0 fully saturated rings. The molecule has 0 radical (unpaired) electrons. The van der Waals surface area contributed by atoms with Gasteiger partial charge >= 0.3 is 0 Å². The van der Waals surface area contributed by atoms with Crippen LogP contribution in [0.5, 0.6) is 11.5 Å². The lowest BCUT2D eigenvalue weighted by Crippen LogP contribution is -2.40. The standard InChI is InChI=1S/C44H27NO2/c46-43-34-17-8-7-16-32(34)33-18-11-20-36-42(33)45(43)39-21-10-9-19-35(39)44(36)37-26-30(28-12-3-1-4-13-28)22-24-40(37)47-41-25-23-31(27-38(41)44)29-14-5-2-6-15-29/h1-27H. The van der Waals surface area contributed by atoms with Crippen molar-refractivity contribution in [2.45, 2.75) is 5.41 Å². The third kappa shape index (κ3) is 3.48. The highest BCUT2D eigenvalue weighted by Crippen LogP contribution is 2.60. The van der Waals surface area contributed by atoms with Gasteiger partial charge in [0.1, 0.15) is 11.5 Å². The Kier molecular flexibility index (Phi) is 5.35. The topological polar surface area (TPSA) is 31.2 Å². The maximum absolute atomic E-state index is 14.5. The summed E-state index contributed by atoms with van der Waals surface area (Å²) in [5.74, 6) is 1.63. The quantitative estimate of drug-likeness (QED) is 0.185. The smallest absolute Gasteiger partial charge is 0.263 e. The van der Waals surface area contributed by atoms with Crippen LogP contribution >= 0.6 is 0 Å². The highest BCUT2D eigenvalue weighted by atomic mass is 16.5. The highest BCUT2D eigenvalue weighted by Gasteiger charge is 2.50. The molecule has 0 atom stereocenters. The molecular formula is C44H27NO2. The van der Waals surface area contributed by atoms with Gasteiger partial charge in [-0.3, -0.25) is 9.36 Å². The maximum Gasteiger partial charge on any atom is 0.263 e. The van der Waals surface area contributed by atoms with Gasteiger partial charge in [0.05, 0.1) is 16.6 Å². The Balaban J connectivity index is 1.43. The van der Waals surface area contributed by atoms with Crippen molar-refractivity contribution in [1.29, 1.82) is 0 Å². The number of pyridine rings is 1. The summed E-state index contributed by atoms with van der Waals surface area (Å²) in [5, 5.41) is 2.73. The van der Waals surface area contributed by atoms with Gasteiger partial charge in [-0.05, 0) is 75.2 Å². The number of para-hydroxylation sites is 2. The van der Waals surface area contributed by atoms with Crippen LogP contribution in [-0.4, -0.2) is 4.57 Å². The summed E-state index contributed by atoms with van der Waals surface area (Å²) in [5.41, 5.74) is 9.78. The molecule has 3 nitrogen and oxygen atoms in total. The van der Waals surface area contributed by atoms with Gasteiger partial charge < -0.3 is 4.74 Å². The first-order chi connectivity index (χ1) is 23.2. The number of rotatable bonds is 2. The number of benzene rings is 7. The van der Waals surface area contributed by atoms with E-state index < -0.39 is 5.41 Å². The SMILES string of the molecule is O=c1c2ccccc2c2cccc3c2n1-c1ccccc1C31c2cc(-c3ccccc3)ccc2Oc2ccc(-c3ccccc3)cc21. The third-order valence-corrected chi connectivity index (χ3v) is 10.1. The minimum atomic E-state index is -0.774. The molecular weight excluding hydrogens is 574 g/mol. The first-order valence-electron chi connectivity index (χ1n) is 16.0. The Morgan fingerprint density at radius 2 is 0.957 bits per heavy atom. The predicted octanol–water partition coefficient (Wildman–Crippen LogP) is 10.3. The Morgan fingerprint density at radius 3 is 1.62 bits per heavy atom. The molecule has 1 spiro atoms. The highest BCUT2D eigenvalue weighted by molar-refractivity contribution is 6.09.